The van der Waals surface area contributed by atoms with E-state index < -0.39 is 8.32 Å². The SMILES string of the molecule is CC[Si](CC)(CC)O[C@]12CCCC1=C[C@H](OC(C)=O)CC[C@@H]2C. The Hall–Kier alpha value is -0.613. The number of ether oxygens (including phenoxy) is 1. The number of hydrogen-bond donors (Lipinski definition) is 0. The predicted molar refractivity (Wildman–Crippen MR) is 96.9 cm³/mol. The van der Waals surface area contributed by atoms with Gasteiger partial charge < -0.3 is 9.16 Å². The summed E-state index contributed by atoms with van der Waals surface area (Å²) in [6.45, 7) is 10.8. The van der Waals surface area contributed by atoms with Crippen LogP contribution in [0.25, 0.3) is 0 Å². The van der Waals surface area contributed by atoms with Crippen LogP contribution in [0.2, 0.25) is 18.1 Å². The lowest BCUT2D eigenvalue weighted by Crippen LogP contribution is -2.50. The van der Waals surface area contributed by atoms with Gasteiger partial charge in [-0.25, -0.2) is 0 Å². The van der Waals surface area contributed by atoms with Gasteiger partial charge in [-0.05, 0) is 67.8 Å². The number of esters is 1. The molecule has 0 saturated heterocycles. The molecule has 0 unspecified atom stereocenters. The second kappa shape index (κ2) is 7.52. The van der Waals surface area contributed by atoms with E-state index in [1.807, 2.05) is 0 Å². The van der Waals surface area contributed by atoms with Crippen LogP contribution in [-0.2, 0) is 14.0 Å². The fourth-order valence-electron chi connectivity index (χ4n) is 4.53. The Labute approximate surface area is 142 Å². The van der Waals surface area contributed by atoms with Crippen LogP contribution >= 0.6 is 0 Å². The third-order valence-corrected chi connectivity index (χ3v) is 10.9. The average molecular weight is 339 g/mol. The number of carbonyl (C=O) groups excluding carboxylic acids is 1. The van der Waals surface area contributed by atoms with Crippen LogP contribution in [0, 0.1) is 5.92 Å². The molecule has 0 radical (unpaired) electrons. The first kappa shape index (κ1) is 18.7. The molecule has 2 rings (SSSR count). The van der Waals surface area contributed by atoms with Crippen LogP contribution in [0.3, 0.4) is 0 Å². The van der Waals surface area contributed by atoms with Gasteiger partial charge >= 0.3 is 5.97 Å². The van der Waals surface area contributed by atoms with Gasteiger partial charge in [0.2, 0.25) is 0 Å². The highest BCUT2D eigenvalue weighted by Gasteiger charge is 2.50. The van der Waals surface area contributed by atoms with E-state index in [1.165, 1.54) is 37.0 Å². The summed E-state index contributed by atoms with van der Waals surface area (Å²) in [6, 6.07) is 3.57. The van der Waals surface area contributed by atoms with Crippen molar-refractivity contribution in [3.63, 3.8) is 0 Å². The third-order valence-electron chi connectivity index (χ3n) is 6.25. The topological polar surface area (TPSA) is 35.5 Å². The highest BCUT2D eigenvalue weighted by atomic mass is 28.4. The molecule has 2 aliphatic carbocycles. The predicted octanol–water partition coefficient (Wildman–Crippen LogP) is 5.22. The lowest BCUT2D eigenvalue weighted by molar-refractivity contribution is -0.144. The molecule has 2 aliphatic rings. The van der Waals surface area contributed by atoms with Crippen LogP contribution in [0.1, 0.15) is 66.7 Å². The van der Waals surface area contributed by atoms with Gasteiger partial charge in [-0.1, -0.05) is 27.7 Å². The molecule has 3 atom stereocenters. The second-order valence-corrected chi connectivity index (χ2v) is 12.1. The average Bonchev–Trinajstić information content (AvgIpc) is 2.88. The van der Waals surface area contributed by atoms with Crippen molar-refractivity contribution < 1.29 is 14.0 Å². The molecular formula is C19H34O3Si. The van der Waals surface area contributed by atoms with Crippen molar-refractivity contribution in [1.82, 2.24) is 0 Å². The van der Waals surface area contributed by atoms with Crippen molar-refractivity contribution in [3.8, 4) is 0 Å². The van der Waals surface area contributed by atoms with Crippen molar-refractivity contribution in [2.45, 2.75) is 96.6 Å². The first-order valence-electron chi connectivity index (χ1n) is 9.50. The molecule has 0 bridgehead atoms. The van der Waals surface area contributed by atoms with Crippen LogP contribution in [0.15, 0.2) is 11.6 Å². The summed E-state index contributed by atoms with van der Waals surface area (Å²) < 4.78 is 12.6. The molecule has 0 aliphatic heterocycles. The maximum absolute atomic E-state index is 11.4. The Kier molecular flexibility index (Phi) is 6.12. The van der Waals surface area contributed by atoms with Crippen molar-refractivity contribution >= 4 is 14.3 Å². The van der Waals surface area contributed by atoms with Gasteiger partial charge in [-0.2, -0.15) is 0 Å². The molecule has 0 spiro atoms. The van der Waals surface area contributed by atoms with Gasteiger partial charge in [0.1, 0.15) is 6.10 Å². The Morgan fingerprint density at radius 1 is 1.26 bits per heavy atom. The van der Waals surface area contributed by atoms with Gasteiger partial charge in [0.25, 0.3) is 0 Å². The monoisotopic (exact) mass is 338 g/mol. The minimum Gasteiger partial charge on any atom is -0.458 e. The molecule has 0 aromatic heterocycles. The molecule has 1 saturated carbocycles. The summed E-state index contributed by atoms with van der Waals surface area (Å²) in [5.74, 6) is 0.332. The Morgan fingerprint density at radius 2 is 1.91 bits per heavy atom. The number of hydrogen-bond acceptors (Lipinski definition) is 3. The summed E-state index contributed by atoms with van der Waals surface area (Å²) in [7, 11) is -1.67. The summed E-state index contributed by atoms with van der Waals surface area (Å²) in [6.07, 6.45) is 7.61. The lowest BCUT2D eigenvalue weighted by Gasteiger charge is -2.44. The van der Waals surface area contributed by atoms with Crippen LogP contribution in [0.5, 0.6) is 0 Å². The summed E-state index contributed by atoms with van der Waals surface area (Å²) in [5.41, 5.74) is 1.34. The van der Waals surface area contributed by atoms with Crippen molar-refractivity contribution in [2.24, 2.45) is 5.92 Å². The van der Waals surface area contributed by atoms with Crippen molar-refractivity contribution in [3.05, 3.63) is 11.6 Å². The molecule has 0 aromatic carbocycles. The van der Waals surface area contributed by atoms with Gasteiger partial charge in [0.05, 0.1) is 5.60 Å². The molecule has 132 valence electrons. The lowest BCUT2D eigenvalue weighted by atomic mass is 9.83. The van der Waals surface area contributed by atoms with Gasteiger partial charge in [-0.3, -0.25) is 4.79 Å². The smallest absolute Gasteiger partial charge is 0.303 e. The highest BCUT2D eigenvalue weighted by molar-refractivity contribution is 6.73. The van der Waals surface area contributed by atoms with Gasteiger partial charge in [-0.15, -0.1) is 0 Å². The molecule has 3 nitrogen and oxygen atoms in total. The number of fused-ring (bicyclic) bond motifs is 1. The second-order valence-electron chi connectivity index (χ2n) is 7.41. The highest BCUT2D eigenvalue weighted by Crippen LogP contribution is 2.50. The van der Waals surface area contributed by atoms with E-state index in [0.717, 1.165) is 25.7 Å². The first-order valence-corrected chi connectivity index (χ1v) is 12.0. The van der Waals surface area contributed by atoms with Crippen molar-refractivity contribution in [2.75, 3.05) is 0 Å². The number of carbonyl (C=O) groups is 1. The summed E-state index contributed by atoms with van der Waals surface area (Å²) >= 11 is 0. The molecular weight excluding hydrogens is 304 g/mol. The third kappa shape index (κ3) is 3.74. The maximum Gasteiger partial charge on any atom is 0.303 e. The first-order chi connectivity index (χ1) is 10.9. The maximum atomic E-state index is 11.4. The van der Waals surface area contributed by atoms with Crippen LogP contribution in [0.4, 0.5) is 0 Å². The zero-order valence-electron chi connectivity index (χ0n) is 15.6. The van der Waals surface area contributed by atoms with E-state index in [9.17, 15) is 4.79 Å². The zero-order valence-corrected chi connectivity index (χ0v) is 16.6. The van der Waals surface area contributed by atoms with E-state index in [-0.39, 0.29) is 17.7 Å². The van der Waals surface area contributed by atoms with E-state index in [4.69, 9.17) is 9.16 Å². The Morgan fingerprint density at radius 3 is 2.48 bits per heavy atom. The normalized spacial score (nSPS) is 31.3. The van der Waals surface area contributed by atoms with E-state index in [1.54, 1.807) is 0 Å². The Bertz CT molecular complexity index is 447. The fraction of sp³-hybridized carbons (Fsp3) is 0.842. The largest absolute Gasteiger partial charge is 0.458 e. The minimum atomic E-state index is -1.67. The van der Waals surface area contributed by atoms with Crippen LogP contribution < -0.4 is 0 Å². The zero-order chi connectivity index (χ0) is 17.1. The van der Waals surface area contributed by atoms with Crippen molar-refractivity contribution in [1.29, 1.82) is 0 Å². The molecule has 0 amide bonds. The molecule has 1 fully saturated rings. The van der Waals surface area contributed by atoms with E-state index >= 15 is 0 Å². The Balaban J connectivity index is 2.34. The molecule has 4 heteroatoms. The molecule has 23 heavy (non-hydrogen) atoms. The van der Waals surface area contributed by atoms with E-state index in [2.05, 4.69) is 33.8 Å². The van der Waals surface area contributed by atoms with E-state index in [0.29, 0.717) is 5.92 Å². The molecule has 0 aromatic rings. The standard InChI is InChI=1S/C19H34O3Si/c1-6-23(7-2,8-3)22-19-13-9-10-17(19)14-18(21-16(5)20)12-11-15(19)4/h14-15,18H,6-13H2,1-5H3/t15-,18+,19-/m0/s1. The molecule has 0 N–H and O–H groups in total. The minimum absolute atomic E-state index is 0.0607. The number of rotatable bonds is 6. The summed E-state index contributed by atoms with van der Waals surface area (Å²) in [4.78, 5) is 11.4. The summed E-state index contributed by atoms with van der Waals surface area (Å²) in [5, 5.41) is 0. The quantitative estimate of drug-likeness (QED) is 0.378. The molecule has 0 heterocycles. The fourth-order valence-corrected chi connectivity index (χ4v) is 7.67. The van der Waals surface area contributed by atoms with Gasteiger partial charge in [0, 0.05) is 6.92 Å². The van der Waals surface area contributed by atoms with Crippen LogP contribution in [-0.4, -0.2) is 26.0 Å². The van der Waals surface area contributed by atoms with Gasteiger partial charge in [0.15, 0.2) is 8.32 Å².